The molecule has 1 aliphatic heterocycles. The van der Waals surface area contributed by atoms with Crippen molar-refractivity contribution in [2.45, 2.75) is 19.0 Å². The SMILES string of the molecule is Clc1nccc2c1NC(CNCc1ccccc1)C2. The maximum absolute atomic E-state index is 6.07. The Morgan fingerprint density at radius 2 is 2.11 bits per heavy atom. The Labute approximate surface area is 118 Å². The first-order valence-corrected chi connectivity index (χ1v) is 6.85. The zero-order chi connectivity index (χ0) is 13.1. The van der Waals surface area contributed by atoms with E-state index in [1.165, 1.54) is 11.1 Å². The van der Waals surface area contributed by atoms with Crippen molar-refractivity contribution in [3.63, 3.8) is 0 Å². The Hall–Kier alpha value is -1.58. The fraction of sp³-hybridized carbons (Fsp3) is 0.267. The fourth-order valence-corrected chi connectivity index (χ4v) is 2.66. The van der Waals surface area contributed by atoms with Gasteiger partial charge in [-0.2, -0.15) is 0 Å². The van der Waals surface area contributed by atoms with E-state index >= 15 is 0 Å². The normalized spacial score (nSPS) is 17.0. The number of rotatable bonds is 4. The Morgan fingerprint density at radius 1 is 1.26 bits per heavy atom. The average Bonchev–Trinajstić information content (AvgIpc) is 2.84. The predicted octanol–water partition coefficient (Wildman–Crippen LogP) is 2.86. The van der Waals surface area contributed by atoms with Crippen LogP contribution in [-0.4, -0.2) is 17.6 Å². The van der Waals surface area contributed by atoms with E-state index in [0.29, 0.717) is 11.2 Å². The second kappa shape index (κ2) is 5.59. The average molecular weight is 274 g/mol. The van der Waals surface area contributed by atoms with Gasteiger partial charge in [-0.25, -0.2) is 4.98 Å². The molecule has 1 aliphatic rings. The molecule has 0 spiro atoms. The molecule has 1 aromatic carbocycles. The summed E-state index contributed by atoms with van der Waals surface area (Å²) < 4.78 is 0. The Bertz CT molecular complexity index is 557. The van der Waals surface area contributed by atoms with Gasteiger partial charge in [-0.05, 0) is 23.6 Å². The highest BCUT2D eigenvalue weighted by atomic mass is 35.5. The number of hydrogen-bond acceptors (Lipinski definition) is 3. The first-order valence-electron chi connectivity index (χ1n) is 6.47. The minimum absolute atomic E-state index is 0.389. The molecule has 0 bridgehead atoms. The van der Waals surface area contributed by atoms with Gasteiger partial charge in [0.05, 0.1) is 5.69 Å². The minimum atomic E-state index is 0.389. The van der Waals surface area contributed by atoms with E-state index in [4.69, 9.17) is 11.6 Å². The summed E-state index contributed by atoms with van der Waals surface area (Å²) in [6.45, 7) is 1.81. The number of aromatic nitrogens is 1. The largest absolute Gasteiger partial charge is 0.378 e. The summed E-state index contributed by atoms with van der Waals surface area (Å²) in [5, 5.41) is 7.48. The first kappa shape index (κ1) is 12.5. The Balaban J connectivity index is 1.53. The van der Waals surface area contributed by atoms with Crippen LogP contribution in [0.3, 0.4) is 0 Å². The smallest absolute Gasteiger partial charge is 0.152 e. The van der Waals surface area contributed by atoms with Crippen molar-refractivity contribution in [3.8, 4) is 0 Å². The number of anilines is 1. The van der Waals surface area contributed by atoms with E-state index in [1.54, 1.807) is 6.20 Å². The lowest BCUT2D eigenvalue weighted by molar-refractivity contribution is 0.615. The molecule has 2 heterocycles. The third-order valence-electron chi connectivity index (χ3n) is 3.37. The molecular formula is C15H16ClN3. The molecule has 1 aromatic heterocycles. The number of halogens is 1. The summed E-state index contributed by atoms with van der Waals surface area (Å²) in [6, 6.07) is 12.8. The van der Waals surface area contributed by atoms with Crippen LogP contribution in [0.1, 0.15) is 11.1 Å². The topological polar surface area (TPSA) is 37.0 Å². The van der Waals surface area contributed by atoms with Gasteiger partial charge in [-0.1, -0.05) is 41.9 Å². The number of nitrogens with zero attached hydrogens (tertiary/aromatic N) is 1. The molecule has 3 nitrogen and oxygen atoms in total. The summed E-state index contributed by atoms with van der Waals surface area (Å²) in [6.07, 6.45) is 2.77. The molecule has 98 valence electrons. The predicted molar refractivity (Wildman–Crippen MR) is 78.5 cm³/mol. The second-order valence-corrected chi connectivity index (χ2v) is 5.16. The summed E-state index contributed by atoms with van der Waals surface area (Å²) in [5.74, 6) is 0. The zero-order valence-corrected chi connectivity index (χ0v) is 11.3. The zero-order valence-electron chi connectivity index (χ0n) is 10.6. The van der Waals surface area contributed by atoms with Gasteiger partial charge in [0.2, 0.25) is 0 Å². The van der Waals surface area contributed by atoms with Crippen LogP contribution < -0.4 is 10.6 Å². The lowest BCUT2D eigenvalue weighted by atomic mass is 10.1. The molecular weight excluding hydrogens is 258 g/mol. The quantitative estimate of drug-likeness (QED) is 0.841. The molecule has 0 fully saturated rings. The summed E-state index contributed by atoms with van der Waals surface area (Å²) in [5.41, 5.74) is 3.56. The van der Waals surface area contributed by atoms with Crippen molar-refractivity contribution in [3.05, 3.63) is 58.9 Å². The number of nitrogens with one attached hydrogen (secondary N) is 2. The highest BCUT2D eigenvalue weighted by Crippen LogP contribution is 2.30. The summed E-state index contributed by atoms with van der Waals surface area (Å²) >= 11 is 6.07. The highest BCUT2D eigenvalue weighted by molar-refractivity contribution is 6.32. The van der Waals surface area contributed by atoms with Gasteiger partial charge in [0.15, 0.2) is 5.15 Å². The fourth-order valence-electron chi connectivity index (χ4n) is 2.43. The van der Waals surface area contributed by atoms with E-state index in [0.717, 1.165) is 25.2 Å². The van der Waals surface area contributed by atoms with Gasteiger partial charge in [0, 0.05) is 25.3 Å². The molecule has 1 unspecified atom stereocenters. The molecule has 19 heavy (non-hydrogen) atoms. The summed E-state index contributed by atoms with van der Waals surface area (Å²) in [7, 11) is 0. The molecule has 1 atom stereocenters. The molecule has 0 aliphatic carbocycles. The first-order chi connectivity index (χ1) is 9.33. The highest BCUT2D eigenvalue weighted by Gasteiger charge is 2.22. The Kier molecular flexibility index (Phi) is 3.67. The molecule has 0 saturated carbocycles. The third-order valence-corrected chi connectivity index (χ3v) is 3.66. The van der Waals surface area contributed by atoms with E-state index < -0.39 is 0 Å². The number of fused-ring (bicyclic) bond motifs is 1. The van der Waals surface area contributed by atoms with Crippen LogP contribution >= 0.6 is 11.6 Å². The Morgan fingerprint density at radius 3 is 2.89 bits per heavy atom. The molecule has 2 N–H and O–H groups in total. The second-order valence-electron chi connectivity index (χ2n) is 4.80. The van der Waals surface area contributed by atoms with Crippen molar-refractivity contribution in [1.82, 2.24) is 10.3 Å². The van der Waals surface area contributed by atoms with Crippen LogP contribution in [0, 0.1) is 0 Å². The maximum Gasteiger partial charge on any atom is 0.152 e. The lowest BCUT2D eigenvalue weighted by Gasteiger charge is -2.12. The summed E-state index contributed by atoms with van der Waals surface area (Å²) in [4.78, 5) is 4.10. The number of benzene rings is 1. The van der Waals surface area contributed by atoms with Crippen LogP contribution in [-0.2, 0) is 13.0 Å². The van der Waals surface area contributed by atoms with E-state index in [-0.39, 0.29) is 0 Å². The molecule has 0 radical (unpaired) electrons. The van der Waals surface area contributed by atoms with Crippen LogP contribution in [0.15, 0.2) is 42.6 Å². The van der Waals surface area contributed by atoms with Crippen LogP contribution in [0.4, 0.5) is 5.69 Å². The van der Waals surface area contributed by atoms with Gasteiger partial charge in [-0.3, -0.25) is 0 Å². The molecule has 0 saturated heterocycles. The van der Waals surface area contributed by atoms with Gasteiger partial charge >= 0.3 is 0 Å². The van der Waals surface area contributed by atoms with Gasteiger partial charge in [0.1, 0.15) is 0 Å². The van der Waals surface area contributed by atoms with Gasteiger partial charge in [0.25, 0.3) is 0 Å². The van der Waals surface area contributed by atoms with Gasteiger partial charge < -0.3 is 10.6 Å². The van der Waals surface area contributed by atoms with Crippen molar-refractivity contribution in [1.29, 1.82) is 0 Å². The van der Waals surface area contributed by atoms with E-state index in [1.807, 2.05) is 12.1 Å². The monoisotopic (exact) mass is 273 g/mol. The van der Waals surface area contributed by atoms with Gasteiger partial charge in [-0.15, -0.1) is 0 Å². The molecule has 3 rings (SSSR count). The van der Waals surface area contributed by atoms with Crippen LogP contribution in [0.5, 0.6) is 0 Å². The third kappa shape index (κ3) is 2.88. The van der Waals surface area contributed by atoms with E-state index in [9.17, 15) is 0 Å². The van der Waals surface area contributed by atoms with Crippen LogP contribution in [0.2, 0.25) is 5.15 Å². The van der Waals surface area contributed by atoms with Crippen molar-refractivity contribution < 1.29 is 0 Å². The molecule has 4 heteroatoms. The number of pyridine rings is 1. The standard InChI is InChI=1S/C15H16ClN3/c16-15-14-12(6-7-18-15)8-13(19-14)10-17-9-11-4-2-1-3-5-11/h1-7,13,17,19H,8-10H2. The lowest BCUT2D eigenvalue weighted by Crippen LogP contribution is -2.30. The van der Waals surface area contributed by atoms with Crippen LogP contribution in [0.25, 0.3) is 0 Å². The van der Waals surface area contributed by atoms with Crippen molar-refractivity contribution in [2.75, 3.05) is 11.9 Å². The number of hydrogen-bond donors (Lipinski definition) is 2. The van der Waals surface area contributed by atoms with Crippen molar-refractivity contribution in [2.24, 2.45) is 0 Å². The molecule has 2 aromatic rings. The van der Waals surface area contributed by atoms with Crippen molar-refractivity contribution >= 4 is 17.3 Å². The van der Waals surface area contributed by atoms with E-state index in [2.05, 4.69) is 39.9 Å². The maximum atomic E-state index is 6.07. The minimum Gasteiger partial charge on any atom is -0.378 e. The molecule has 0 amide bonds.